The molecule has 0 aliphatic heterocycles. The van der Waals surface area contributed by atoms with Gasteiger partial charge in [0.05, 0.1) is 22.0 Å². The molecule has 1 atom stereocenters. The molecule has 214 valence electrons. The third-order valence-corrected chi connectivity index (χ3v) is 8.72. The average Bonchev–Trinajstić information content (AvgIpc) is 2.91. The number of rotatable bonds is 12. The van der Waals surface area contributed by atoms with E-state index in [0.29, 0.717) is 22.2 Å². The first-order chi connectivity index (χ1) is 18.9. The third kappa shape index (κ3) is 8.46. The van der Waals surface area contributed by atoms with Crippen molar-refractivity contribution in [3.05, 3.63) is 99.0 Å². The maximum Gasteiger partial charge on any atom is 0.242 e. The van der Waals surface area contributed by atoms with Gasteiger partial charge in [0.1, 0.15) is 6.04 Å². The molecule has 0 aromatic heterocycles. The van der Waals surface area contributed by atoms with Gasteiger partial charge < -0.3 is 10.2 Å². The van der Waals surface area contributed by atoms with Crippen LogP contribution in [-0.4, -0.2) is 51.0 Å². The van der Waals surface area contributed by atoms with E-state index in [-0.39, 0.29) is 37.7 Å². The molecule has 0 aliphatic carbocycles. The quantitative estimate of drug-likeness (QED) is 0.294. The lowest BCUT2D eigenvalue weighted by Crippen LogP contribution is -2.49. The van der Waals surface area contributed by atoms with Crippen LogP contribution < -0.4 is 9.62 Å². The number of nitrogens with zero attached hydrogens (tertiary/aromatic N) is 2. The number of halogens is 2. The van der Waals surface area contributed by atoms with Gasteiger partial charge in [-0.05, 0) is 66.8 Å². The fraction of sp³-hybridized carbons (Fsp3) is 0.333. The number of aryl methyl sites for hydroxylation is 2. The third-order valence-electron chi connectivity index (χ3n) is 6.79. The SMILES string of the molecule is CNC(=O)[C@@H](Cc1ccccc1)N(Cc1ccc(Cl)c(Cl)c1)C(=O)CCCN(c1ccc(C)c(C)c1)S(C)(=O)=O. The van der Waals surface area contributed by atoms with Gasteiger partial charge in [-0.2, -0.15) is 0 Å². The predicted octanol–water partition coefficient (Wildman–Crippen LogP) is 5.54. The molecule has 0 fully saturated rings. The van der Waals surface area contributed by atoms with Gasteiger partial charge in [0, 0.05) is 33.0 Å². The summed E-state index contributed by atoms with van der Waals surface area (Å²) in [7, 11) is -2.04. The number of sulfonamides is 1. The Hall–Kier alpha value is -3.07. The second-order valence-corrected chi connectivity index (χ2v) is 12.5. The molecule has 1 N–H and O–H groups in total. The van der Waals surface area contributed by atoms with Crippen LogP contribution in [-0.2, 0) is 32.6 Å². The van der Waals surface area contributed by atoms with Crippen molar-refractivity contribution in [1.29, 1.82) is 0 Å². The van der Waals surface area contributed by atoms with E-state index in [0.717, 1.165) is 28.5 Å². The van der Waals surface area contributed by atoms with Crippen molar-refractivity contribution >= 4 is 50.7 Å². The lowest BCUT2D eigenvalue weighted by atomic mass is 10.0. The Balaban J connectivity index is 1.87. The van der Waals surface area contributed by atoms with Crippen molar-refractivity contribution in [2.75, 3.05) is 24.2 Å². The van der Waals surface area contributed by atoms with Crippen LogP contribution in [0, 0.1) is 13.8 Å². The summed E-state index contributed by atoms with van der Waals surface area (Å²) < 4.78 is 26.6. The summed E-state index contributed by atoms with van der Waals surface area (Å²) >= 11 is 12.3. The van der Waals surface area contributed by atoms with Crippen molar-refractivity contribution in [2.45, 2.75) is 45.7 Å². The van der Waals surface area contributed by atoms with Gasteiger partial charge in [0.2, 0.25) is 21.8 Å². The van der Waals surface area contributed by atoms with Gasteiger partial charge in [-0.15, -0.1) is 0 Å². The van der Waals surface area contributed by atoms with Crippen molar-refractivity contribution in [1.82, 2.24) is 10.2 Å². The predicted molar refractivity (Wildman–Crippen MR) is 162 cm³/mol. The van der Waals surface area contributed by atoms with Crippen LogP contribution in [0.5, 0.6) is 0 Å². The molecule has 3 rings (SSSR count). The van der Waals surface area contributed by atoms with Gasteiger partial charge in [-0.3, -0.25) is 13.9 Å². The molecule has 0 saturated heterocycles. The number of hydrogen-bond acceptors (Lipinski definition) is 4. The first-order valence-corrected chi connectivity index (χ1v) is 15.5. The van der Waals surface area contributed by atoms with E-state index in [1.54, 1.807) is 24.3 Å². The zero-order chi connectivity index (χ0) is 29.4. The van der Waals surface area contributed by atoms with Crippen molar-refractivity contribution in [3.63, 3.8) is 0 Å². The highest BCUT2D eigenvalue weighted by Crippen LogP contribution is 2.25. The fourth-order valence-corrected chi connectivity index (χ4v) is 5.72. The van der Waals surface area contributed by atoms with Crippen molar-refractivity contribution < 1.29 is 18.0 Å². The van der Waals surface area contributed by atoms with E-state index >= 15 is 0 Å². The molecule has 7 nitrogen and oxygen atoms in total. The highest BCUT2D eigenvalue weighted by molar-refractivity contribution is 7.92. The van der Waals surface area contributed by atoms with Crippen LogP contribution in [0.4, 0.5) is 5.69 Å². The highest BCUT2D eigenvalue weighted by Gasteiger charge is 2.30. The molecule has 40 heavy (non-hydrogen) atoms. The number of nitrogens with one attached hydrogen (secondary N) is 1. The van der Waals surface area contributed by atoms with E-state index in [9.17, 15) is 18.0 Å². The van der Waals surface area contributed by atoms with Crippen LogP contribution in [0.1, 0.15) is 35.1 Å². The molecule has 0 spiro atoms. The Morgan fingerprint density at radius 1 is 0.900 bits per heavy atom. The minimum absolute atomic E-state index is 0.0421. The first kappa shape index (κ1) is 31.5. The van der Waals surface area contributed by atoms with E-state index in [2.05, 4.69) is 5.32 Å². The van der Waals surface area contributed by atoms with E-state index < -0.39 is 16.1 Å². The molecule has 0 saturated carbocycles. The van der Waals surface area contributed by atoms with Crippen LogP contribution in [0.3, 0.4) is 0 Å². The van der Waals surface area contributed by atoms with E-state index in [4.69, 9.17) is 23.2 Å². The zero-order valence-electron chi connectivity index (χ0n) is 23.2. The summed E-state index contributed by atoms with van der Waals surface area (Å²) in [5.74, 6) is -0.575. The number of anilines is 1. The summed E-state index contributed by atoms with van der Waals surface area (Å²) in [6.07, 6.45) is 1.77. The highest BCUT2D eigenvalue weighted by atomic mass is 35.5. The Labute approximate surface area is 247 Å². The van der Waals surface area contributed by atoms with Crippen LogP contribution >= 0.6 is 23.2 Å². The lowest BCUT2D eigenvalue weighted by molar-refractivity contribution is -0.141. The monoisotopic (exact) mass is 603 g/mol. The largest absolute Gasteiger partial charge is 0.357 e. The molecule has 0 unspecified atom stereocenters. The van der Waals surface area contributed by atoms with Crippen molar-refractivity contribution in [2.24, 2.45) is 0 Å². The second-order valence-electron chi connectivity index (χ2n) is 9.80. The van der Waals surface area contributed by atoms with Gasteiger partial charge in [-0.25, -0.2) is 8.42 Å². The standard InChI is InChI=1S/C30H35Cl2N3O4S/c1-21-12-14-25(17-22(21)2)35(40(4,38)39)16-8-11-29(36)34(20-24-13-15-26(31)27(32)18-24)28(30(37)33-3)19-23-9-6-5-7-10-23/h5-7,9-10,12-15,17-18,28H,8,11,16,19-20H2,1-4H3,(H,33,37)/t28-/m1/s1. The molecule has 10 heteroatoms. The molecule has 0 bridgehead atoms. The number of amides is 2. The topological polar surface area (TPSA) is 86.8 Å². The van der Waals surface area contributed by atoms with Crippen LogP contribution in [0.15, 0.2) is 66.7 Å². The Bertz CT molecular complexity index is 1450. The lowest BCUT2D eigenvalue weighted by Gasteiger charge is -2.31. The van der Waals surface area contributed by atoms with Crippen LogP contribution in [0.25, 0.3) is 0 Å². The molecular formula is C30H35Cl2N3O4S. The number of carbonyl (C=O) groups excluding carboxylic acids is 2. The van der Waals surface area contributed by atoms with Gasteiger partial charge in [0.25, 0.3) is 0 Å². The zero-order valence-corrected chi connectivity index (χ0v) is 25.5. The van der Waals surface area contributed by atoms with E-state index in [1.165, 1.54) is 16.3 Å². The normalized spacial score (nSPS) is 12.1. The number of benzene rings is 3. The number of carbonyl (C=O) groups is 2. The van der Waals surface area contributed by atoms with Crippen molar-refractivity contribution in [3.8, 4) is 0 Å². The van der Waals surface area contributed by atoms with Gasteiger partial charge >= 0.3 is 0 Å². The van der Waals surface area contributed by atoms with Gasteiger partial charge in [0.15, 0.2) is 0 Å². The minimum Gasteiger partial charge on any atom is -0.357 e. The summed E-state index contributed by atoms with van der Waals surface area (Å²) in [5.41, 5.74) is 4.21. The fourth-order valence-electron chi connectivity index (χ4n) is 4.44. The molecule has 0 heterocycles. The maximum absolute atomic E-state index is 13.7. The molecule has 0 radical (unpaired) electrons. The summed E-state index contributed by atoms with van der Waals surface area (Å²) in [5, 5.41) is 3.43. The molecular weight excluding hydrogens is 569 g/mol. The summed E-state index contributed by atoms with van der Waals surface area (Å²) in [6.45, 7) is 4.14. The summed E-state index contributed by atoms with van der Waals surface area (Å²) in [6, 6.07) is 19.3. The molecule has 0 aliphatic rings. The number of hydrogen-bond donors (Lipinski definition) is 1. The van der Waals surface area contributed by atoms with Crippen LogP contribution in [0.2, 0.25) is 10.0 Å². The molecule has 3 aromatic carbocycles. The Morgan fingerprint density at radius 3 is 2.20 bits per heavy atom. The Morgan fingerprint density at radius 2 is 1.60 bits per heavy atom. The van der Waals surface area contributed by atoms with Gasteiger partial charge in [-0.1, -0.05) is 65.7 Å². The smallest absolute Gasteiger partial charge is 0.242 e. The number of likely N-dealkylation sites (N-methyl/N-ethyl adjacent to an activating group) is 1. The maximum atomic E-state index is 13.7. The summed E-state index contributed by atoms with van der Waals surface area (Å²) in [4.78, 5) is 28.4. The van der Waals surface area contributed by atoms with E-state index in [1.807, 2.05) is 56.3 Å². The minimum atomic E-state index is -3.58. The average molecular weight is 605 g/mol. The second kappa shape index (κ2) is 14.0. The first-order valence-electron chi connectivity index (χ1n) is 12.9. The molecule has 3 aromatic rings. The molecule has 2 amide bonds. The Kier molecular flexibility index (Phi) is 11.0.